The van der Waals surface area contributed by atoms with Crippen molar-refractivity contribution < 1.29 is 25.8 Å². The van der Waals surface area contributed by atoms with Gasteiger partial charge in [-0.05, 0) is 0 Å². The SMILES string of the molecule is [CH2-]CCCC.[CH3-].[CH3-].[Hf+4].[NH2-]. The Hall–Kier alpha value is 0.830. The quantitative estimate of drug-likeness (QED) is 0.551. The van der Waals surface area contributed by atoms with Crippen LogP contribution in [0, 0.1) is 21.8 Å². The molecular weight excluding hydrogens is 277 g/mol. The van der Waals surface area contributed by atoms with Gasteiger partial charge in [-0.1, -0.05) is 19.8 Å². The molecule has 56 valence electrons. The Labute approximate surface area is 80.0 Å². The minimum absolute atomic E-state index is 0. The molecule has 0 aliphatic carbocycles. The van der Waals surface area contributed by atoms with Crippen LogP contribution in [0.5, 0.6) is 0 Å². The first kappa shape index (κ1) is 32.9. The molecule has 9 heavy (non-hydrogen) atoms. The van der Waals surface area contributed by atoms with Gasteiger partial charge in [-0.2, -0.15) is 6.42 Å². The van der Waals surface area contributed by atoms with Crippen LogP contribution < -0.4 is 0 Å². The molecule has 0 spiro atoms. The molecule has 0 amide bonds. The van der Waals surface area contributed by atoms with Crippen LogP contribution >= 0.6 is 0 Å². The molecule has 0 aromatic heterocycles. The van der Waals surface area contributed by atoms with Gasteiger partial charge in [0, 0.05) is 0 Å². The van der Waals surface area contributed by atoms with Crippen molar-refractivity contribution in [2.24, 2.45) is 0 Å². The summed E-state index contributed by atoms with van der Waals surface area (Å²) in [7, 11) is 0. The largest absolute Gasteiger partial charge is 4.00 e. The third-order valence-electron chi connectivity index (χ3n) is 0.604. The maximum atomic E-state index is 3.68. The summed E-state index contributed by atoms with van der Waals surface area (Å²) in [5.41, 5.74) is 0. The van der Waals surface area contributed by atoms with E-state index in [4.69, 9.17) is 0 Å². The Bertz CT molecular complexity index is 16.4. The van der Waals surface area contributed by atoms with E-state index in [1.54, 1.807) is 0 Å². The number of rotatable bonds is 2. The minimum Gasteiger partial charge on any atom is -0.693 e. The maximum Gasteiger partial charge on any atom is 4.00 e. The molecular formula is C7H19HfN. The Balaban J connectivity index is -0.0000000133. The van der Waals surface area contributed by atoms with Crippen molar-refractivity contribution in [3.8, 4) is 0 Å². The summed E-state index contributed by atoms with van der Waals surface area (Å²) in [4.78, 5) is 0. The molecule has 0 aliphatic rings. The van der Waals surface area contributed by atoms with E-state index in [9.17, 15) is 0 Å². The predicted octanol–water partition coefficient (Wildman–Crippen LogP) is 3.63. The number of hydrogen-bond donors (Lipinski definition) is 0. The third-order valence-corrected chi connectivity index (χ3v) is 0.604. The summed E-state index contributed by atoms with van der Waals surface area (Å²) in [6.07, 6.45) is 3.65. The average molecular weight is 296 g/mol. The van der Waals surface area contributed by atoms with E-state index >= 15 is 0 Å². The summed E-state index contributed by atoms with van der Waals surface area (Å²) in [5.74, 6) is 0. The van der Waals surface area contributed by atoms with Gasteiger partial charge >= 0.3 is 25.8 Å². The van der Waals surface area contributed by atoms with Gasteiger partial charge in [0.05, 0.1) is 0 Å². The Morgan fingerprint density at radius 2 is 1.56 bits per heavy atom. The molecule has 0 radical (unpaired) electrons. The molecule has 0 unspecified atom stereocenters. The second kappa shape index (κ2) is 36.9. The topological polar surface area (TPSA) is 33.5 Å². The molecule has 0 heterocycles. The zero-order valence-corrected chi connectivity index (χ0v) is 10.5. The summed E-state index contributed by atoms with van der Waals surface area (Å²) in [5, 5.41) is 0. The van der Waals surface area contributed by atoms with Gasteiger partial charge in [-0.15, -0.1) is 0 Å². The van der Waals surface area contributed by atoms with Gasteiger partial charge in [0.25, 0.3) is 0 Å². The monoisotopic (exact) mass is 297 g/mol. The molecule has 2 N–H and O–H groups in total. The maximum absolute atomic E-state index is 3.68. The molecule has 1 nitrogen and oxygen atoms in total. The molecule has 0 saturated heterocycles. The van der Waals surface area contributed by atoms with Gasteiger partial charge in [0.1, 0.15) is 0 Å². The first-order valence-electron chi connectivity index (χ1n) is 2.21. The van der Waals surface area contributed by atoms with Crippen LogP contribution in [0.1, 0.15) is 26.2 Å². The number of nitrogens with two attached hydrogens (primary N) is 1. The van der Waals surface area contributed by atoms with Gasteiger partial charge in [-0.25, -0.2) is 0 Å². The van der Waals surface area contributed by atoms with Crippen molar-refractivity contribution in [3.05, 3.63) is 27.9 Å². The number of unbranched alkanes of at least 4 members (excludes halogenated alkanes) is 2. The zero-order valence-electron chi connectivity index (χ0n) is 6.91. The van der Waals surface area contributed by atoms with E-state index in [0.29, 0.717) is 0 Å². The average Bonchev–Trinajstić information content (AvgIpc) is 1.41. The van der Waals surface area contributed by atoms with Crippen molar-refractivity contribution in [2.75, 3.05) is 0 Å². The molecule has 0 aromatic carbocycles. The van der Waals surface area contributed by atoms with Crippen LogP contribution in [-0.2, 0) is 25.8 Å². The standard InChI is InChI=1S/C5H11.2CH3.Hf.H2N/c1-3-5-4-2;;;;/h1,3-5H2,2H3;2*1H3;;1H2/q3*-1;+4;-1. The van der Waals surface area contributed by atoms with Crippen LogP contribution in [0.15, 0.2) is 0 Å². The first-order chi connectivity index (χ1) is 2.41. The first-order valence-corrected chi connectivity index (χ1v) is 2.21. The minimum atomic E-state index is 0. The summed E-state index contributed by atoms with van der Waals surface area (Å²) >= 11 is 0. The molecule has 0 aromatic rings. The van der Waals surface area contributed by atoms with Gasteiger partial charge < -0.3 is 27.9 Å². The Kier molecular flexibility index (Phi) is 135. The normalized spacial score (nSPS) is 4.67. The van der Waals surface area contributed by atoms with Crippen molar-refractivity contribution in [1.82, 2.24) is 0 Å². The van der Waals surface area contributed by atoms with Crippen molar-refractivity contribution in [2.45, 2.75) is 26.2 Å². The summed E-state index contributed by atoms with van der Waals surface area (Å²) in [6, 6.07) is 0. The second-order valence-electron chi connectivity index (χ2n) is 1.21. The molecule has 0 atom stereocenters. The van der Waals surface area contributed by atoms with E-state index in [0.717, 1.165) is 6.42 Å². The van der Waals surface area contributed by atoms with Gasteiger partial charge in [0.15, 0.2) is 0 Å². The smallest absolute Gasteiger partial charge is 0.693 e. The fraction of sp³-hybridized carbons (Fsp3) is 0.571. The Morgan fingerprint density at radius 3 is 1.56 bits per heavy atom. The zero-order chi connectivity index (χ0) is 4.12. The van der Waals surface area contributed by atoms with Crippen LogP contribution in [-0.4, -0.2) is 0 Å². The van der Waals surface area contributed by atoms with E-state index in [2.05, 4.69) is 13.8 Å². The van der Waals surface area contributed by atoms with Crippen LogP contribution in [0.2, 0.25) is 0 Å². The second-order valence-corrected chi connectivity index (χ2v) is 1.21. The van der Waals surface area contributed by atoms with Crippen molar-refractivity contribution in [3.63, 3.8) is 0 Å². The van der Waals surface area contributed by atoms with E-state index in [1.165, 1.54) is 12.8 Å². The fourth-order valence-electron chi connectivity index (χ4n) is 0.250. The molecule has 0 bridgehead atoms. The van der Waals surface area contributed by atoms with E-state index in [1.807, 2.05) is 0 Å². The van der Waals surface area contributed by atoms with Crippen molar-refractivity contribution in [1.29, 1.82) is 0 Å². The van der Waals surface area contributed by atoms with Crippen LogP contribution in [0.25, 0.3) is 6.15 Å². The molecule has 2 heteroatoms. The molecule has 0 saturated carbocycles. The van der Waals surface area contributed by atoms with E-state index < -0.39 is 0 Å². The van der Waals surface area contributed by atoms with Crippen LogP contribution in [0.4, 0.5) is 0 Å². The predicted molar refractivity (Wildman–Crippen MR) is 43.0 cm³/mol. The molecule has 0 fully saturated rings. The van der Waals surface area contributed by atoms with E-state index in [-0.39, 0.29) is 46.8 Å². The van der Waals surface area contributed by atoms with Gasteiger partial charge in [-0.3, -0.25) is 0 Å². The fourth-order valence-corrected chi connectivity index (χ4v) is 0.250. The summed E-state index contributed by atoms with van der Waals surface area (Å²) < 4.78 is 0. The van der Waals surface area contributed by atoms with Gasteiger partial charge in [0.2, 0.25) is 0 Å². The van der Waals surface area contributed by atoms with Crippen LogP contribution in [0.3, 0.4) is 0 Å². The third kappa shape index (κ3) is 51.4. The molecule has 0 rings (SSSR count). The number of hydrogen-bond acceptors (Lipinski definition) is 0. The Morgan fingerprint density at radius 1 is 1.22 bits per heavy atom. The van der Waals surface area contributed by atoms with Crippen molar-refractivity contribution >= 4 is 0 Å². The molecule has 0 aliphatic heterocycles. The summed E-state index contributed by atoms with van der Waals surface area (Å²) in [6.45, 7) is 5.85.